The molecule has 3 N–H and O–H groups in total. The molecule has 40 heavy (non-hydrogen) atoms. The number of amides is 1. The average Bonchev–Trinajstić information content (AvgIpc) is 3.30. The second-order valence-corrected chi connectivity index (χ2v) is 14.5. The molecule has 1 aliphatic heterocycles. The predicted octanol–water partition coefficient (Wildman–Crippen LogP) is 7.12. The Hall–Kier alpha value is -0.310. The van der Waals surface area contributed by atoms with Crippen molar-refractivity contribution < 1.29 is 42.0 Å². The summed E-state index contributed by atoms with van der Waals surface area (Å²) in [4.78, 5) is 32.0. The summed E-state index contributed by atoms with van der Waals surface area (Å²) in [5.41, 5.74) is 0. The fraction of sp³-hybridized carbons (Fsp3) is 0.964. The Morgan fingerprint density at radius 3 is 2.05 bits per heavy atom. The van der Waals surface area contributed by atoms with Gasteiger partial charge in [-0.3, -0.25) is 18.4 Å². The van der Waals surface area contributed by atoms with Crippen molar-refractivity contribution in [1.29, 1.82) is 0 Å². The number of hydrogen-bond donors (Lipinski definition) is 3. The van der Waals surface area contributed by atoms with Gasteiger partial charge in [0.2, 0.25) is 5.91 Å². The second kappa shape index (κ2) is 22.3. The first-order chi connectivity index (χ1) is 19.0. The van der Waals surface area contributed by atoms with Crippen LogP contribution in [0.2, 0.25) is 0 Å². The number of rotatable bonds is 26. The SMILES string of the molecule is CCCCCCCCCCCCCCCC(=O)NCCCOP(=O)(O)OCC1OCCC1CP(=O)(O)OC(C)C. The molecule has 1 amide bonds. The van der Waals surface area contributed by atoms with E-state index in [0.29, 0.717) is 32.4 Å². The summed E-state index contributed by atoms with van der Waals surface area (Å²) in [5, 5.41) is 2.82. The normalized spacial score (nSPS) is 20.4. The smallest absolute Gasteiger partial charge is 0.375 e. The zero-order valence-electron chi connectivity index (χ0n) is 25.2. The Morgan fingerprint density at radius 1 is 0.900 bits per heavy atom. The van der Waals surface area contributed by atoms with Gasteiger partial charge in [0.1, 0.15) is 0 Å². The fourth-order valence-electron chi connectivity index (χ4n) is 4.83. The van der Waals surface area contributed by atoms with E-state index in [2.05, 4.69) is 12.2 Å². The van der Waals surface area contributed by atoms with Gasteiger partial charge < -0.3 is 24.4 Å². The van der Waals surface area contributed by atoms with Crippen molar-refractivity contribution in [3.63, 3.8) is 0 Å². The maximum atomic E-state index is 12.2. The van der Waals surface area contributed by atoms with Gasteiger partial charge in [0.05, 0.1) is 31.6 Å². The van der Waals surface area contributed by atoms with E-state index < -0.39 is 21.5 Å². The molecule has 0 bridgehead atoms. The Balaban J connectivity index is 2.02. The lowest BCUT2D eigenvalue weighted by Gasteiger charge is -2.23. The standard InChI is InChI=1S/C28H57NO9P2/c1-4-5-6-7-8-9-10-11-12-13-14-15-16-18-28(30)29-20-17-21-36-40(33,34)37-23-27-26(19-22-35-27)24-39(31,32)38-25(2)3/h25-27H,4-24H2,1-3H3,(H,29,30)(H,31,32)(H,33,34). The largest absolute Gasteiger partial charge is 0.472 e. The van der Waals surface area contributed by atoms with Crippen LogP contribution >= 0.6 is 15.4 Å². The van der Waals surface area contributed by atoms with E-state index in [-0.39, 0.29) is 37.3 Å². The van der Waals surface area contributed by atoms with Crippen molar-refractivity contribution in [2.24, 2.45) is 5.92 Å². The molecule has 1 fully saturated rings. The molecule has 0 aromatic heterocycles. The Bertz CT molecular complexity index is 753. The molecule has 0 saturated carbocycles. The summed E-state index contributed by atoms with van der Waals surface area (Å²) in [6.45, 7) is 6.06. The van der Waals surface area contributed by atoms with Crippen LogP contribution in [0.15, 0.2) is 0 Å². The maximum absolute atomic E-state index is 12.2. The molecule has 0 aromatic carbocycles. The number of nitrogens with one attached hydrogen (secondary N) is 1. The highest BCUT2D eigenvalue weighted by Gasteiger charge is 2.37. The fourth-order valence-corrected chi connectivity index (χ4v) is 7.36. The summed E-state index contributed by atoms with van der Waals surface area (Å²) in [6, 6.07) is 0. The first-order valence-electron chi connectivity index (χ1n) is 15.5. The minimum absolute atomic E-state index is 0.0152. The summed E-state index contributed by atoms with van der Waals surface area (Å²) >= 11 is 0. The van der Waals surface area contributed by atoms with Crippen molar-refractivity contribution in [3.05, 3.63) is 0 Å². The number of carbonyl (C=O) groups is 1. The van der Waals surface area contributed by atoms with Crippen molar-refractivity contribution in [2.75, 3.05) is 32.5 Å². The number of phosphoric ester groups is 1. The first kappa shape index (κ1) is 37.7. The second-order valence-electron chi connectivity index (χ2n) is 11.2. The number of hydrogen-bond acceptors (Lipinski definition) is 7. The van der Waals surface area contributed by atoms with Gasteiger partial charge in [-0.25, -0.2) is 4.57 Å². The van der Waals surface area contributed by atoms with Gasteiger partial charge in [0.25, 0.3) is 0 Å². The summed E-state index contributed by atoms with van der Waals surface area (Å²) in [7, 11) is -8.10. The van der Waals surface area contributed by atoms with Crippen molar-refractivity contribution in [2.45, 2.75) is 136 Å². The number of carbonyl (C=O) groups excluding carboxylic acids is 1. The van der Waals surface area contributed by atoms with Gasteiger partial charge in [0, 0.05) is 25.5 Å². The maximum Gasteiger partial charge on any atom is 0.472 e. The minimum atomic E-state index is -4.31. The molecule has 4 atom stereocenters. The van der Waals surface area contributed by atoms with Crippen molar-refractivity contribution >= 4 is 21.3 Å². The third kappa shape index (κ3) is 20.5. The molecule has 4 unspecified atom stereocenters. The van der Waals surface area contributed by atoms with E-state index in [4.69, 9.17) is 18.3 Å². The van der Waals surface area contributed by atoms with Crippen LogP contribution in [-0.2, 0) is 32.2 Å². The molecule has 0 radical (unpaired) electrons. The van der Waals surface area contributed by atoms with Crippen LogP contribution in [0, 0.1) is 5.92 Å². The average molecular weight is 614 g/mol. The predicted molar refractivity (Wildman–Crippen MR) is 158 cm³/mol. The molecule has 10 nitrogen and oxygen atoms in total. The van der Waals surface area contributed by atoms with Crippen LogP contribution in [0.4, 0.5) is 0 Å². The van der Waals surface area contributed by atoms with E-state index in [1.807, 2.05) is 0 Å². The Morgan fingerprint density at radius 2 is 1.48 bits per heavy atom. The lowest BCUT2D eigenvalue weighted by atomic mass is 10.0. The Labute approximate surface area is 242 Å². The molecular weight excluding hydrogens is 556 g/mol. The monoisotopic (exact) mass is 613 g/mol. The van der Waals surface area contributed by atoms with Crippen LogP contribution < -0.4 is 5.32 Å². The van der Waals surface area contributed by atoms with Crippen LogP contribution in [0.5, 0.6) is 0 Å². The van der Waals surface area contributed by atoms with Crippen LogP contribution in [0.1, 0.15) is 124 Å². The molecule has 12 heteroatoms. The molecular formula is C28H57NO9P2. The first-order valence-corrected chi connectivity index (χ1v) is 18.8. The quantitative estimate of drug-likeness (QED) is 0.0687. The summed E-state index contributed by atoms with van der Waals surface area (Å²) < 4.78 is 45.1. The van der Waals surface area contributed by atoms with E-state index >= 15 is 0 Å². The van der Waals surface area contributed by atoms with Crippen molar-refractivity contribution in [3.8, 4) is 0 Å². The number of phosphoric acid groups is 1. The van der Waals surface area contributed by atoms with E-state index in [0.717, 1.165) is 12.8 Å². The van der Waals surface area contributed by atoms with Gasteiger partial charge >= 0.3 is 15.4 Å². The van der Waals surface area contributed by atoms with Gasteiger partial charge in [-0.2, -0.15) is 0 Å². The van der Waals surface area contributed by atoms with E-state index in [1.54, 1.807) is 13.8 Å². The minimum Gasteiger partial charge on any atom is -0.375 e. The number of ether oxygens (including phenoxy) is 1. The molecule has 1 rings (SSSR count). The van der Waals surface area contributed by atoms with Gasteiger partial charge in [-0.1, -0.05) is 84.0 Å². The number of unbranched alkanes of at least 4 members (excludes halogenated alkanes) is 12. The molecule has 238 valence electrons. The van der Waals surface area contributed by atoms with E-state index in [1.165, 1.54) is 70.6 Å². The topological polar surface area (TPSA) is 141 Å². The van der Waals surface area contributed by atoms with Gasteiger partial charge in [-0.05, 0) is 33.1 Å². The zero-order chi connectivity index (χ0) is 29.7. The van der Waals surface area contributed by atoms with Crippen LogP contribution in [0.3, 0.4) is 0 Å². The molecule has 1 aliphatic rings. The van der Waals surface area contributed by atoms with Crippen LogP contribution in [0.25, 0.3) is 0 Å². The molecule has 0 spiro atoms. The highest BCUT2D eigenvalue weighted by atomic mass is 31.2. The molecule has 0 aromatic rings. The third-order valence-electron chi connectivity index (χ3n) is 6.99. The van der Waals surface area contributed by atoms with Gasteiger partial charge in [0.15, 0.2) is 0 Å². The highest BCUT2D eigenvalue weighted by Crippen LogP contribution is 2.49. The van der Waals surface area contributed by atoms with E-state index in [9.17, 15) is 23.7 Å². The zero-order valence-corrected chi connectivity index (χ0v) is 27.0. The molecule has 1 saturated heterocycles. The molecule has 1 heterocycles. The van der Waals surface area contributed by atoms with Gasteiger partial charge in [-0.15, -0.1) is 0 Å². The van der Waals surface area contributed by atoms with Crippen LogP contribution in [-0.4, -0.2) is 60.4 Å². The lowest BCUT2D eigenvalue weighted by Crippen LogP contribution is -2.26. The lowest BCUT2D eigenvalue weighted by molar-refractivity contribution is -0.121. The van der Waals surface area contributed by atoms with Crippen molar-refractivity contribution in [1.82, 2.24) is 5.32 Å². The summed E-state index contributed by atoms with van der Waals surface area (Å²) in [6.07, 6.45) is 16.8. The summed E-state index contributed by atoms with van der Waals surface area (Å²) in [5.74, 6) is -0.335. The molecule has 0 aliphatic carbocycles. The highest BCUT2D eigenvalue weighted by molar-refractivity contribution is 7.52. The Kier molecular flexibility index (Phi) is 21.0. The third-order valence-corrected chi connectivity index (χ3v) is 9.66.